The van der Waals surface area contributed by atoms with Crippen LogP contribution in [0.4, 0.5) is 0 Å². The van der Waals surface area contributed by atoms with E-state index in [-0.39, 0.29) is 6.61 Å². The number of aliphatic hydroxyl groups is 1. The van der Waals surface area contributed by atoms with Crippen molar-refractivity contribution in [2.75, 3.05) is 6.61 Å². The lowest BCUT2D eigenvalue weighted by molar-refractivity contribution is 0.299. The highest BCUT2D eigenvalue weighted by Crippen LogP contribution is 2.31. The van der Waals surface area contributed by atoms with Crippen LogP contribution in [-0.4, -0.2) is 16.8 Å². The summed E-state index contributed by atoms with van der Waals surface area (Å²) in [6.07, 6.45) is 0.570. The van der Waals surface area contributed by atoms with Crippen LogP contribution < -0.4 is 0 Å². The lowest BCUT2D eigenvalue weighted by Gasteiger charge is -2.11. The fraction of sp³-hybridized carbons (Fsp3) is 0.400. The Kier molecular flexibility index (Phi) is 3.33. The van der Waals surface area contributed by atoms with Crippen LogP contribution in [0.5, 0.6) is 5.75 Å². The summed E-state index contributed by atoms with van der Waals surface area (Å²) in [4.78, 5) is 0. The summed E-state index contributed by atoms with van der Waals surface area (Å²) in [6, 6.07) is 1.87. The van der Waals surface area contributed by atoms with Crippen LogP contribution in [0, 0.1) is 13.8 Å². The van der Waals surface area contributed by atoms with Gasteiger partial charge >= 0.3 is 0 Å². The fourth-order valence-corrected chi connectivity index (χ4v) is 2.22. The maximum Gasteiger partial charge on any atom is 0.121 e. The number of hydrogen-bond donors (Lipinski definition) is 2. The number of phenols is 1. The van der Waals surface area contributed by atoms with Crippen molar-refractivity contribution >= 4 is 15.9 Å². The summed E-state index contributed by atoms with van der Waals surface area (Å²) >= 11 is 3.41. The van der Waals surface area contributed by atoms with E-state index in [4.69, 9.17) is 5.11 Å². The maximum atomic E-state index is 9.64. The van der Waals surface area contributed by atoms with Gasteiger partial charge in [-0.3, -0.25) is 0 Å². The molecule has 0 aromatic heterocycles. The van der Waals surface area contributed by atoms with Crippen LogP contribution in [0.2, 0.25) is 0 Å². The molecule has 13 heavy (non-hydrogen) atoms. The van der Waals surface area contributed by atoms with Gasteiger partial charge in [0.25, 0.3) is 0 Å². The molecule has 0 heterocycles. The van der Waals surface area contributed by atoms with Gasteiger partial charge in [-0.2, -0.15) is 0 Å². The van der Waals surface area contributed by atoms with E-state index in [0.29, 0.717) is 12.2 Å². The average Bonchev–Trinajstić information content (AvgIpc) is 2.09. The zero-order chi connectivity index (χ0) is 10.0. The van der Waals surface area contributed by atoms with Crippen molar-refractivity contribution in [3.05, 3.63) is 27.2 Å². The first-order valence-corrected chi connectivity index (χ1v) is 4.95. The van der Waals surface area contributed by atoms with Crippen molar-refractivity contribution in [2.24, 2.45) is 0 Å². The Morgan fingerprint density at radius 1 is 1.38 bits per heavy atom. The van der Waals surface area contributed by atoms with Crippen molar-refractivity contribution in [1.82, 2.24) is 0 Å². The Morgan fingerprint density at radius 2 is 2.00 bits per heavy atom. The third kappa shape index (κ3) is 2.03. The molecular weight excluding hydrogens is 232 g/mol. The second kappa shape index (κ2) is 4.11. The van der Waals surface area contributed by atoms with Crippen LogP contribution >= 0.6 is 15.9 Å². The van der Waals surface area contributed by atoms with Crippen molar-refractivity contribution < 1.29 is 10.2 Å². The predicted octanol–water partition coefficient (Wildman–Crippen LogP) is 2.31. The van der Waals surface area contributed by atoms with Crippen molar-refractivity contribution in [3.63, 3.8) is 0 Å². The van der Waals surface area contributed by atoms with Gasteiger partial charge in [-0.15, -0.1) is 0 Å². The largest absolute Gasteiger partial charge is 0.507 e. The van der Waals surface area contributed by atoms with Crippen LogP contribution in [0.1, 0.15) is 16.7 Å². The van der Waals surface area contributed by atoms with Crippen molar-refractivity contribution in [1.29, 1.82) is 0 Å². The molecule has 1 aromatic carbocycles. The first-order valence-electron chi connectivity index (χ1n) is 4.16. The number of benzene rings is 1. The number of aryl methyl sites for hydroxylation is 1. The summed E-state index contributed by atoms with van der Waals surface area (Å²) in [7, 11) is 0. The molecule has 72 valence electrons. The van der Waals surface area contributed by atoms with Gasteiger partial charge in [0.2, 0.25) is 0 Å². The van der Waals surface area contributed by atoms with Gasteiger partial charge in [0.1, 0.15) is 5.75 Å². The van der Waals surface area contributed by atoms with Gasteiger partial charge in [0.05, 0.1) is 0 Å². The minimum absolute atomic E-state index is 0.0991. The van der Waals surface area contributed by atoms with Gasteiger partial charge in [-0.25, -0.2) is 0 Å². The fourth-order valence-electron chi connectivity index (χ4n) is 1.38. The summed E-state index contributed by atoms with van der Waals surface area (Å²) in [5, 5.41) is 18.5. The molecule has 0 aliphatic rings. The number of aliphatic hydroxyl groups excluding tert-OH is 1. The molecule has 0 bridgehead atoms. The van der Waals surface area contributed by atoms with E-state index in [1.54, 1.807) is 0 Å². The molecule has 2 nitrogen and oxygen atoms in total. The third-order valence-corrected chi connectivity index (χ3v) is 2.88. The zero-order valence-corrected chi connectivity index (χ0v) is 9.35. The SMILES string of the molecule is Cc1cc(Br)c(CCO)c(C)c1O. The zero-order valence-electron chi connectivity index (χ0n) is 7.76. The van der Waals surface area contributed by atoms with Crippen LogP contribution in [-0.2, 0) is 6.42 Å². The van der Waals surface area contributed by atoms with Gasteiger partial charge in [-0.1, -0.05) is 15.9 Å². The maximum absolute atomic E-state index is 9.64. The number of halogens is 1. The van der Waals surface area contributed by atoms with E-state index in [9.17, 15) is 5.11 Å². The lowest BCUT2D eigenvalue weighted by atomic mass is 10.0. The van der Waals surface area contributed by atoms with Gasteiger partial charge in [-0.05, 0) is 43.0 Å². The first-order chi connectivity index (χ1) is 6.07. The molecule has 0 saturated carbocycles. The molecule has 0 spiro atoms. The molecule has 0 aliphatic heterocycles. The topological polar surface area (TPSA) is 40.5 Å². The Hall–Kier alpha value is -0.540. The lowest BCUT2D eigenvalue weighted by Crippen LogP contribution is -1.97. The molecule has 1 rings (SSSR count). The second-order valence-corrected chi connectivity index (χ2v) is 3.96. The molecule has 3 heteroatoms. The minimum atomic E-state index is 0.0991. The molecule has 1 aromatic rings. The summed E-state index contributed by atoms with van der Waals surface area (Å²) in [5.74, 6) is 0.326. The van der Waals surface area contributed by atoms with E-state index in [2.05, 4.69) is 15.9 Å². The number of hydrogen-bond acceptors (Lipinski definition) is 2. The molecule has 0 radical (unpaired) electrons. The van der Waals surface area contributed by atoms with E-state index in [1.165, 1.54) is 0 Å². The third-order valence-electron chi connectivity index (χ3n) is 2.17. The summed E-state index contributed by atoms with van der Waals surface area (Å²) in [5.41, 5.74) is 2.68. The number of aromatic hydroxyl groups is 1. The highest BCUT2D eigenvalue weighted by Gasteiger charge is 2.09. The van der Waals surface area contributed by atoms with Crippen LogP contribution in [0.25, 0.3) is 0 Å². The molecule has 2 N–H and O–H groups in total. The van der Waals surface area contributed by atoms with Crippen LogP contribution in [0.3, 0.4) is 0 Å². The van der Waals surface area contributed by atoms with Crippen LogP contribution in [0.15, 0.2) is 10.5 Å². The summed E-state index contributed by atoms with van der Waals surface area (Å²) < 4.78 is 0.953. The highest BCUT2D eigenvalue weighted by molar-refractivity contribution is 9.10. The first kappa shape index (κ1) is 10.5. The Labute approximate surface area is 86.3 Å². The average molecular weight is 245 g/mol. The molecule has 0 atom stereocenters. The van der Waals surface area contributed by atoms with E-state index < -0.39 is 0 Å². The monoisotopic (exact) mass is 244 g/mol. The van der Waals surface area contributed by atoms with E-state index >= 15 is 0 Å². The Bertz CT molecular complexity index is 321. The van der Waals surface area contributed by atoms with E-state index in [0.717, 1.165) is 21.2 Å². The molecule has 0 saturated heterocycles. The molecule has 0 amide bonds. The highest BCUT2D eigenvalue weighted by atomic mass is 79.9. The van der Waals surface area contributed by atoms with Gasteiger partial charge in [0.15, 0.2) is 0 Å². The number of phenolic OH excluding ortho intramolecular Hbond substituents is 1. The summed E-state index contributed by atoms with van der Waals surface area (Å²) in [6.45, 7) is 3.82. The predicted molar refractivity (Wildman–Crippen MR) is 56.1 cm³/mol. The normalized spacial score (nSPS) is 10.5. The quantitative estimate of drug-likeness (QED) is 0.839. The standard InChI is InChI=1S/C10H13BrO2/c1-6-5-9(11)8(3-4-12)7(2)10(6)13/h5,12-13H,3-4H2,1-2H3. The molecule has 0 fully saturated rings. The smallest absolute Gasteiger partial charge is 0.121 e. The Balaban J connectivity index is 3.26. The minimum Gasteiger partial charge on any atom is -0.507 e. The van der Waals surface area contributed by atoms with E-state index in [1.807, 2.05) is 19.9 Å². The second-order valence-electron chi connectivity index (χ2n) is 3.10. The van der Waals surface area contributed by atoms with Crippen molar-refractivity contribution in [3.8, 4) is 5.75 Å². The Morgan fingerprint density at radius 3 is 2.54 bits per heavy atom. The number of rotatable bonds is 2. The van der Waals surface area contributed by atoms with Crippen molar-refractivity contribution in [2.45, 2.75) is 20.3 Å². The van der Waals surface area contributed by atoms with Gasteiger partial charge in [0, 0.05) is 11.1 Å². The molecule has 0 unspecified atom stereocenters. The molecular formula is C10H13BrO2. The van der Waals surface area contributed by atoms with Gasteiger partial charge < -0.3 is 10.2 Å². The molecule has 0 aliphatic carbocycles.